The molecule has 0 radical (unpaired) electrons. The van der Waals surface area contributed by atoms with Gasteiger partial charge in [-0.2, -0.15) is 0 Å². The van der Waals surface area contributed by atoms with Gasteiger partial charge in [0.2, 0.25) is 0 Å². The molecule has 2 amide bonds. The number of hydrogen-bond donors (Lipinski definition) is 2. The largest absolute Gasteiger partial charge is 0.478 e. The highest BCUT2D eigenvalue weighted by Crippen LogP contribution is 2.20. The predicted octanol–water partition coefficient (Wildman–Crippen LogP) is 2.15. The summed E-state index contributed by atoms with van der Waals surface area (Å²) in [5.41, 5.74) is -0.883. The Labute approximate surface area is 114 Å². The van der Waals surface area contributed by atoms with Gasteiger partial charge in [0.1, 0.15) is 0 Å². The quantitative estimate of drug-likeness (QED) is 0.831. The molecule has 0 aromatic heterocycles. The Bertz CT molecular complexity index is 582. The number of urea groups is 1. The minimum Gasteiger partial charge on any atom is -0.478 e. The number of hydrogen-bond acceptors (Lipinski definition) is 2. The summed E-state index contributed by atoms with van der Waals surface area (Å²) < 4.78 is 26.2. The predicted molar refractivity (Wildman–Crippen MR) is 68.4 cm³/mol. The summed E-state index contributed by atoms with van der Waals surface area (Å²) in [6.07, 6.45) is 5.08. The first-order valence-electron chi connectivity index (χ1n) is 5.62. The van der Waals surface area contributed by atoms with Crippen molar-refractivity contribution in [3.8, 4) is 12.3 Å². The Morgan fingerprint density at radius 1 is 1.40 bits per heavy atom. The zero-order valence-electron chi connectivity index (χ0n) is 10.6. The lowest BCUT2D eigenvalue weighted by Crippen LogP contribution is -2.35. The van der Waals surface area contributed by atoms with Crippen LogP contribution in [0, 0.1) is 24.0 Å². The molecule has 106 valence electrons. The zero-order chi connectivity index (χ0) is 15.3. The van der Waals surface area contributed by atoms with Crippen LogP contribution in [0.1, 0.15) is 17.3 Å². The van der Waals surface area contributed by atoms with Crippen molar-refractivity contribution in [2.24, 2.45) is 0 Å². The number of carbonyl (C=O) groups is 2. The summed E-state index contributed by atoms with van der Waals surface area (Å²) in [5, 5.41) is 11.1. The van der Waals surface area contributed by atoms with Crippen LogP contribution in [0.3, 0.4) is 0 Å². The van der Waals surface area contributed by atoms with Gasteiger partial charge in [-0.15, -0.1) is 6.42 Å². The average molecular weight is 282 g/mol. The second-order valence-electron chi connectivity index (χ2n) is 3.77. The average Bonchev–Trinajstić information content (AvgIpc) is 2.39. The molecule has 0 fully saturated rings. The fourth-order valence-electron chi connectivity index (χ4n) is 1.46. The fourth-order valence-corrected chi connectivity index (χ4v) is 1.46. The Morgan fingerprint density at radius 3 is 2.50 bits per heavy atom. The maximum atomic E-state index is 13.1. The van der Waals surface area contributed by atoms with E-state index in [4.69, 9.17) is 11.5 Å². The van der Waals surface area contributed by atoms with Crippen molar-refractivity contribution < 1.29 is 23.5 Å². The van der Waals surface area contributed by atoms with E-state index in [9.17, 15) is 18.4 Å². The molecule has 1 rings (SSSR count). The molecule has 1 aromatic rings. The molecule has 0 spiro atoms. The molecular formula is C13H12F2N2O3. The van der Waals surface area contributed by atoms with E-state index in [1.807, 2.05) is 0 Å². The van der Waals surface area contributed by atoms with E-state index < -0.39 is 29.2 Å². The summed E-state index contributed by atoms with van der Waals surface area (Å²) >= 11 is 0. The van der Waals surface area contributed by atoms with Gasteiger partial charge >= 0.3 is 12.0 Å². The Balaban J connectivity index is 3.08. The molecule has 0 aliphatic heterocycles. The standard InChI is InChI=1S/C13H12F2N2O3/c1-3-5-17(4-2)13(20)16-11-7-10(15)9(14)6-8(11)12(18)19/h1,6-7H,4-5H2,2H3,(H,16,20)(H,18,19). The van der Waals surface area contributed by atoms with Gasteiger partial charge in [-0.25, -0.2) is 18.4 Å². The highest BCUT2D eigenvalue weighted by Gasteiger charge is 2.19. The normalized spacial score (nSPS) is 9.70. The minimum absolute atomic E-state index is 0.00835. The Morgan fingerprint density at radius 2 is 2.00 bits per heavy atom. The molecule has 7 heteroatoms. The lowest BCUT2D eigenvalue weighted by atomic mass is 10.1. The van der Waals surface area contributed by atoms with Crippen molar-refractivity contribution in [3.63, 3.8) is 0 Å². The number of carboxylic acids is 1. The van der Waals surface area contributed by atoms with Crippen LogP contribution in [0.2, 0.25) is 0 Å². The number of carbonyl (C=O) groups excluding carboxylic acids is 1. The van der Waals surface area contributed by atoms with Crippen molar-refractivity contribution in [1.29, 1.82) is 0 Å². The maximum Gasteiger partial charge on any atom is 0.337 e. The van der Waals surface area contributed by atoms with Crippen LogP contribution in [-0.2, 0) is 0 Å². The van der Waals surface area contributed by atoms with Gasteiger partial charge < -0.3 is 15.3 Å². The molecule has 0 unspecified atom stereocenters. The molecule has 1 aromatic carbocycles. The smallest absolute Gasteiger partial charge is 0.337 e. The lowest BCUT2D eigenvalue weighted by molar-refractivity contribution is 0.0697. The summed E-state index contributed by atoms with van der Waals surface area (Å²) in [4.78, 5) is 24.0. The molecule has 5 nitrogen and oxygen atoms in total. The molecule has 0 atom stereocenters. The minimum atomic E-state index is -1.49. The van der Waals surface area contributed by atoms with E-state index in [2.05, 4.69) is 11.2 Å². The number of carboxylic acid groups (broad SMARTS) is 1. The molecule has 0 saturated carbocycles. The number of anilines is 1. The van der Waals surface area contributed by atoms with Crippen molar-refractivity contribution >= 4 is 17.7 Å². The van der Waals surface area contributed by atoms with Gasteiger partial charge in [-0.1, -0.05) is 5.92 Å². The molecule has 0 bridgehead atoms. The number of amides is 2. The SMILES string of the molecule is C#CCN(CC)C(=O)Nc1cc(F)c(F)cc1C(=O)O. The Hall–Kier alpha value is -2.62. The van der Waals surface area contributed by atoms with Crippen molar-refractivity contribution in [1.82, 2.24) is 4.90 Å². The third kappa shape index (κ3) is 3.45. The van der Waals surface area contributed by atoms with Crippen LogP contribution >= 0.6 is 0 Å². The van der Waals surface area contributed by atoms with Crippen LogP contribution in [0.25, 0.3) is 0 Å². The van der Waals surface area contributed by atoms with Crippen LogP contribution in [-0.4, -0.2) is 35.1 Å². The summed E-state index contributed by atoms with van der Waals surface area (Å²) in [6.45, 7) is 1.96. The van der Waals surface area contributed by atoms with E-state index >= 15 is 0 Å². The number of aromatic carboxylic acids is 1. The van der Waals surface area contributed by atoms with E-state index in [-0.39, 0.29) is 18.8 Å². The molecule has 2 N–H and O–H groups in total. The lowest BCUT2D eigenvalue weighted by Gasteiger charge is -2.19. The molecular weight excluding hydrogens is 270 g/mol. The molecule has 0 aliphatic carbocycles. The van der Waals surface area contributed by atoms with E-state index in [0.717, 1.165) is 0 Å². The number of terminal acetylenes is 1. The van der Waals surface area contributed by atoms with Crippen molar-refractivity contribution in [3.05, 3.63) is 29.3 Å². The van der Waals surface area contributed by atoms with Crippen LogP contribution < -0.4 is 5.32 Å². The van der Waals surface area contributed by atoms with Gasteiger partial charge in [0, 0.05) is 12.6 Å². The second-order valence-corrected chi connectivity index (χ2v) is 3.77. The first-order chi connectivity index (χ1) is 9.40. The third-order valence-corrected chi connectivity index (χ3v) is 2.48. The Kier molecular flexibility index (Phi) is 5.03. The second kappa shape index (κ2) is 6.52. The first kappa shape index (κ1) is 15.4. The molecule has 0 aliphatic rings. The number of benzene rings is 1. The van der Waals surface area contributed by atoms with Crippen molar-refractivity contribution in [2.75, 3.05) is 18.4 Å². The monoisotopic (exact) mass is 282 g/mol. The maximum absolute atomic E-state index is 13.1. The summed E-state index contributed by atoms with van der Waals surface area (Å²) in [7, 11) is 0. The number of rotatable bonds is 4. The fraction of sp³-hybridized carbons (Fsp3) is 0.231. The van der Waals surface area contributed by atoms with Gasteiger partial charge in [-0.05, 0) is 13.0 Å². The first-order valence-corrected chi connectivity index (χ1v) is 5.62. The van der Waals surface area contributed by atoms with E-state index in [0.29, 0.717) is 12.1 Å². The van der Waals surface area contributed by atoms with Crippen molar-refractivity contribution in [2.45, 2.75) is 6.92 Å². The van der Waals surface area contributed by atoms with E-state index in [1.165, 1.54) is 4.90 Å². The number of halogens is 2. The highest BCUT2D eigenvalue weighted by molar-refractivity contribution is 6.00. The molecule has 0 saturated heterocycles. The molecule has 20 heavy (non-hydrogen) atoms. The van der Waals surface area contributed by atoms with Gasteiger partial charge in [-0.3, -0.25) is 0 Å². The van der Waals surface area contributed by atoms with Gasteiger partial charge in [0.25, 0.3) is 0 Å². The van der Waals surface area contributed by atoms with Crippen LogP contribution in [0.15, 0.2) is 12.1 Å². The van der Waals surface area contributed by atoms with Gasteiger partial charge in [0.05, 0.1) is 17.8 Å². The topological polar surface area (TPSA) is 69.6 Å². The number of nitrogens with zero attached hydrogens (tertiary/aromatic N) is 1. The van der Waals surface area contributed by atoms with Gasteiger partial charge in [0.15, 0.2) is 11.6 Å². The third-order valence-electron chi connectivity index (χ3n) is 2.48. The number of nitrogens with one attached hydrogen (secondary N) is 1. The zero-order valence-corrected chi connectivity index (χ0v) is 10.6. The molecule has 0 heterocycles. The van der Waals surface area contributed by atoms with Crippen LogP contribution in [0.5, 0.6) is 0 Å². The van der Waals surface area contributed by atoms with E-state index in [1.54, 1.807) is 6.92 Å². The highest BCUT2D eigenvalue weighted by atomic mass is 19.2. The van der Waals surface area contributed by atoms with Crippen LogP contribution in [0.4, 0.5) is 19.3 Å². The summed E-state index contributed by atoms with van der Waals surface area (Å²) in [6, 6.07) is 0.421. The summed E-state index contributed by atoms with van der Waals surface area (Å²) in [5.74, 6) is -1.80.